The summed E-state index contributed by atoms with van der Waals surface area (Å²) in [4.78, 5) is 10.3. The van der Waals surface area contributed by atoms with Crippen molar-refractivity contribution in [1.82, 2.24) is 0 Å². The van der Waals surface area contributed by atoms with Crippen LogP contribution in [-0.2, 0) is 4.79 Å². The van der Waals surface area contributed by atoms with E-state index in [-0.39, 0.29) is 62.0 Å². The summed E-state index contributed by atoms with van der Waals surface area (Å²) in [6.45, 7) is 2.25. The molecule has 0 aliphatic rings. The molecular weight excluding hydrogens is 246 g/mol. The van der Waals surface area contributed by atoms with Crippen molar-refractivity contribution in [1.29, 1.82) is 0 Å². The molecule has 100 valence electrons. The molecule has 0 aromatic carbocycles. The van der Waals surface area contributed by atoms with E-state index in [9.17, 15) is 4.79 Å². The second-order valence-electron chi connectivity index (χ2n) is 4.68. The molecule has 0 bridgehead atoms. The average Bonchev–Trinajstić information content (AvgIpc) is 2.25. The molecule has 0 rings (SSSR count). The van der Waals surface area contributed by atoms with E-state index in [0.29, 0.717) is 6.42 Å². The van der Waals surface area contributed by atoms with Crippen LogP contribution in [0.1, 0.15) is 86.8 Å². The Morgan fingerprint density at radius 2 is 1.11 bits per heavy atom. The van der Waals surface area contributed by atoms with Crippen LogP contribution in [0.25, 0.3) is 0 Å². The Morgan fingerprint density at radius 1 is 0.778 bits per heavy atom. The minimum Gasteiger partial charge on any atom is -1.00 e. The van der Waals surface area contributed by atoms with Gasteiger partial charge >= 0.3 is 65.1 Å². The molecule has 0 saturated heterocycles. The van der Waals surface area contributed by atoms with Gasteiger partial charge in [0.25, 0.3) is 0 Å². The van der Waals surface area contributed by atoms with Gasteiger partial charge in [-0.05, 0) is 6.42 Å². The third kappa shape index (κ3) is 22.6. The number of hydrogen-bond acceptors (Lipinski definition) is 1. The minimum atomic E-state index is -0.657. The van der Waals surface area contributed by atoms with Crippen LogP contribution in [0.3, 0.4) is 0 Å². The topological polar surface area (TPSA) is 37.3 Å². The first-order chi connectivity index (χ1) is 7.77. The van der Waals surface area contributed by atoms with E-state index in [0.717, 1.165) is 12.8 Å². The first kappa shape index (κ1) is 24.5. The van der Waals surface area contributed by atoms with E-state index in [1.165, 1.54) is 57.8 Å². The Bertz CT molecular complexity index is 173. The van der Waals surface area contributed by atoms with Crippen LogP contribution in [-0.4, -0.2) is 11.1 Å². The fourth-order valence-corrected chi connectivity index (χ4v) is 1.94. The van der Waals surface area contributed by atoms with Crippen molar-refractivity contribution in [2.45, 2.75) is 84.0 Å². The van der Waals surface area contributed by atoms with E-state index in [4.69, 9.17) is 5.11 Å². The summed E-state index contributed by atoms with van der Waals surface area (Å²) in [5.74, 6) is -0.657. The quantitative estimate of drug-likeness (QED) is 0.367. The second-order valence-corrected chi connectivity index (χ2v) is 4.68. The van der Waals surface area contributed by atoms with Gasteiger partial charge in [-0.15, -0.1) is 0 Å². The van der Waals surface area contributed by atoms with Gasteiger partial charge in [-0.25, -0.2) is 0 Å². The summed E-state index contributed by atoms with van der Waals surface area (Å²) in [6, 6.07) is 0. The molecule has 0 aromatic rings. The number of aliphatic carboxylic acids is 1. The third-order valence-corrected chi connectivity index (χ3v) is 2.99. The predicted molar refractivity (Wildman–Crippen MR) is 70.9 cm³/mol. The van der Waals surface area contributed by atoms with Gasteiger partial charge in [-0.1, -0.05) is 71.1 Å². The van der Waals surface area contributed by atoms with Crippen LogP contribution in [0.5, 0.6) is 0 Å². The van der Waals surface area contributed by atoms with Crippen LogP contribution in [0.4, 0.5) is 0 Å². The molecule has 0 saturated carbocycles. The molecule has 2 nitrogen and oxygen atoms in total. The van der Waals surface area contributed by atoms with Gasteiger partial charge in [0.2, 0.25) is 0 Å². The summed E-state index contributed by atoms with van der Waals surface area (Å²) in [5, 5.41) is 8.46. The zero-order valence-electron chi connectivity index (χ0n) is 14.8. The Kier molecular flexibility index (Phi) is 28.3. The number of carbonyl (C=O) groups is 1. The fraction of sp³-hybridized carbons (Fsp3) is 0.929. The molecule has 0 atom stereocenters. The van der Waals surface area contributed by atoms with Gasteiger partial charge in [0, 0.05) is 6.42 Å². The van der Waals surface area contributed by atoms with E-state index in [1.807, 2.05) is 0 Å². The zero-order valence-corrected chi connectivity index (χ0v) is 16.8. The molecule has 0 heterocycles. The minimum absolute atomic E-state index is 0. The van der Waals surface area contributed by atoms with Gasteiger partial charge in [-0.3, -0.25) is 4.79 Å². The van der Waals surface area contributed by atoms with Crippen LogP contribution >= 0.6 is 0 Å². The normalized spacial score (nSPS) is 9.39. The van der Waals surface area contributed by atoms with Gasteiger partial charge in [0.15, 0.2) is 0 Å². The number of hydrogen-bond donors (Lipinski definition) is 1. The van der Waals surface area contributed by atoms with Crippen molar-refractivity contribution in [2.24, 2.45) is 0 Å². The van der Waals surface area contributed by atoms with Gasteiger partial charge in [-0.2, -0.15) is 0 Å². The molecular formula is C14H30Na2O2. The maximum Gasteiger partial charge on any atom is 1.00 e. The van der Waals surface area contributed by atoms with Crippen LogP contribution in [0.2, 0.25) is 0 Å². The van der Waals surface area contributed by atoms with Crippen molar-refractivity contribution in [3.8, 4) is 0 Å². The van der Waals surface area contributed by atoms with E-state index < -0.39 is 5.97 Å². The third-order valence-electron chi connectivity index (χ3n) is 2.99. The molecule has 0 fully saturated rings. The molecule has 0 aliphatic heterocycles. The Hall–Kier alpha value is 1.47. The molecule has 1 N–H and O–H groups in total. The Balaban J connectivity index is -0.000000187. The molecule has 0 aliphatic carbocycles. The largest absolute Gasteiger partial charge is 1.00 e. The zero-order chi connectivity index (χ0) is 12.1. The monoisotopic (exact) mass is 276 g/mol. The maximum atomic E-state index is 10.3. The van der Waals surface area contributed by atoms with Gasteiger partial charge in [0.05, 0.1) is 0 Å². The smallest absolute Gasteiger partial charge is 1.00 e. The van der Waals surface area contributed by atoms with Crippen LogP contribution in [0, 0.1) is 0 Å². The molecule has 0 spiro atoms. The van der Waals surface area contributed by atoms with Gasteiger partial charge < -0.3 is 7.96 Å². The molecule has 0 amide bonds. The number of carboxylic acid groups (broad SMARTS) is 1. The van der Waals surface area contributed by atoms with Crippen molar-refractivity contribution < 1.29 is 71.9 Å². The second kappa shape index (κ2) is 20.8. The average molecular weight is 276 g/mol. The molecule has 0 radical (unpaired) electrons. The first-order valence-electron chi connectivity index (χ1n) is 6.99. The maximum absolute atomic E-state index is 10.3. The van der Waals surface area contributed by atoms with Crippen LogP contribution in [0.15, 0.2) is 0 Å². The molecule has 0 unspecified atom stereocenters. The Labute approximate surface area is 160 Å². The van der Waals surface area contributed by atoms with Crippen LogP contribution < -0.4 is 59.1 Å². The number of carboxylic acids is 1. The summed E-state index contributed by atoms with van der Waals surface area (Å²) in [6.07, 6.45) is 14.4. The van der Waals surface area contributed by atoms with E-state index in [1.54, 1.807) is 0 Å². The summed E-state index contributed by atoms with van der Waals surface area (Å²) >= 11 is 0. The summed E-state index contributed by atoms with van der Waals surface area (Å²) < 4.78 is 0. The van der Waals surface area contributed by atoms with Crippen molar-refractivity contribution in [3.63, 3.8) is 0 Å². The standard InChI is InChI=1S/C14H28O2.2Na.2H/c1-2-3-4-5-6-7-8-9-10-11-12-13-14(15)16;;;;/h2-13H2,1H3,(H,15,16);;;;/q;2*+1;2*-1. The van der Waals surface area contributed by atoms with E-state index >= 15 is 0 Å². The molecule has 18 heavy (non-hydrogen) atoms. The number of unbranched alkanes of at least 4 members (excludes halogenated alkanes) is 10. The molecule has 4 heteroatoms. The molecule has 0 aromatic heterocycles. The van der Waals surface area contributed by atoms with Crippen molar-refractivity contribution >= 4 is 5.97 Å². The fourth-order valence-electron chi connectivity index (χ4n) is 1.94. The predicted octanol–water partition coefficient (Wildman–Crippen LogP) is -0.995. The van der Waals surface area contributed by atoms with Crippen molar-refractivity contribution in [2.75, 3.05) is 0 Å². The summed E-state index contributed by atoms with van der Waals surface area (Å²) in [5.41, 5.74) is 0. The van der Waals surface area contributed by atoms with Gasteiger partial charge in [0.1, 0.15) is 0 Å². The van der Waals surface area contributed by atoms with E-state index in [2.05, 4.69) is 6.92 Å². The summed E-state index contributed by atoms with van der Waals surface area (Å²) in [7, 11) is 0. The number of rotatable bonds is 12. The first-order valence-corrected chi connectivity index (χ1v) is 6.99. The SMILES string of the molecule is CCCCCCCCCCCCCC(=O)O.[H-].[H-].[Na+].[Na+]. The van der Waals surface area contributed by atoms with Crippen molar-refractivity contribution in [3.05, 3.63) is 0 Å². The Morgan fingerprint density at radius 3 is 1.44 bits per heavy atom.